The normalized spacial score (nSPS) is 13.7. The van der Waals surface area contributed by atoms with E-state index < -0.39 is 6.10 Å². The predicted molar refractivity (Wildman–Crippen MR) is 67.1 cm³/mol. The van der Waals surface area contributed by atoms with Gasteiger partial charge in [0.05, 0.1) is 13.2 Å². The summed E-state index contributed by atoms with van der Waals surface area (Å²) in [6.07, 6.45) is -0.456. The second-order valence-corrected chi connectivity index (χ2v) is 5.34. The van der Waals surface area contributed by atoms with Crippen molar-refractivity contribution in [3.05, 3.63) is 28.8 Å². The van der Waals surface area contributed by atoms with Gasteiger partial charge >= 0.3 is 0 Å². The van der Waals surface area contributed by atoms with E-state index in [-0.39, 0.29) is 5.41 Å². The van der Waals surface area contributed by atoms with E-state index in [1.54, 1.807) is 14.0 Å². The average molecular weight is 222 g/mol. The molecule has 16 heavy (non-hydrogen) atoms. The molecule has 0 aliphatic rings. The van der Waals surface area contributed by atoms with Crippen LogP contribution in [0.4, 0.5) is 0 Å². The van der Waals surface area contributed by atoms with Gasteiger partial charge in [-0.1, -0.05) is 26.8 Å². The number of hydrogen-bond donors (Lipinski definition) is 1. The molecule has 1 aromatic rings. The van der Waals surface area contributed by atoms with Gasteiger partial charge < -0.3 is 9.84 Å². The number of ether oxygens (including phenoxy) is 1. The van der Waals surface area contributed by atoms with Crippen LogP contribution in [0.5, 0.6) is 5.75 Å². The molecular weight excluding hydrogens is 200 g/mol. The van der Waals surface area contributed by atoms with Crippen LogP contribution in [0.25, 0.3) is 0 Å². The lowest BCUT2D eigenvalue weighted by Gasteiger charge is -2.24. The topological polar surface area (TPSA) is 29.5 Å². The highest BCUT2D eigenvalue weighted by molar-refractivity contribution is 5.46. The Kier molecular flexibility index (Phi) is 3.64. The summed E-state index contributed by atoms with van der Waals surface area (Å²) >= 11 is 0. The largest absolute Gasteiger partial charge is 0.496 e. The van der Waals surface area contributed by atoms with Gasteiger partial charge in [0.25, 0.3) is 0 Å². The molecule has 0 bridgehead atoms. The summed E-state index contributed by atoms with van der Waals surface area (Å²) in [7, 11) is 1.67. The van der Waals surface area contributed by atoms with Gasteiger partial charge in [0, 0.05) is 0 Å². The molecule has 1 aromatic carbocycles. The SMILES string of the molecule is COc1cc(C(C)O)c(C)cc1C(C)(C)C. The van der Waals surface area contributed by atoms with Gasteiger partial charge in [-0.05, 0) is 42.0 Å². The molecule has 1 N–H and O–H groups in total. The summed E-state index contributed by atoms with van der Waals surface area (Å²) in [6, 6.07) is 4.06. The van der Waals surface area contributed by atoms with E-state index in [2.05, 4.69) is 26.8 Å². The lowest BCUT2D eigenvalue weighted by atomic mass is 9.84. The van der Waals surface area contributed by atoms with E-state index in [4.69, 9.17) is 4.74 Å². The molecule has 0 aliphatic carbocycles. The molecule has 0 aromatic heterocycles. The Hall–Kier alpha value is -1.02. The van der Waals surface area contributed by atoms with E-state index in [9.17, 15) is 5.11 Å². The first kappa shape index (κ1) is 13.0. The highest BCUT2D eigenvalue weighted by Crippen LogP contribution is 2.35. The van der Waals surface area contributed by atoms with Crippen molar-refractivity contribution < 1.29 is 9.84 Å². The Morgan fingerprint density at radius 3 is 2.19 bits per heavy atom. The fourth-order valence-corrected chi connectivity index (χ4v) is 1.91. The van der Waals surface area contributed by atoms with Crippen molar-refractivity contribution >= 4 is 0 Å². The van der Waals surface area contributed by atoms with Crippen LogP contribution in [0, 0.1) is 6.92 Å². The van der Waals surface area contributed by atoms with Crippen LogP contribution in [0.15, 0.2) is 12.1 Å². The predicted octanol–water partition coefficient (Wildman–Crippen LogP) is 3.35. The van der Waals surface area contributed by atoms with E-state index in [0.29, 0.717) is 0 Å². The van der Waals surface area contributed by atoms with Gasteiger partial charge in [-0.3, -0.25) is 0 Å². The number of aliphatic hydroxyl groups excluding tert-OH is 1. The summed E-state index contributed by atoms with van der Waals surface area (Å²) in [6.45, 7) is 10.3. The van der Waals surface area contributed by atoms with Gasteiger partial charge in [-0.2, -0.15) is 0 Å². The van der Waals surface area contributed by atoms with Gasteiger partial charge in [-0.15, -0.1) is 0 Å². The van der Waals surface area contributed by atoms with Crippen LogP contribution in [-0.2, 0) is 5.41 Å². The van der Waals surface area contributed by atoms with Gasteiger partial charge in [0.15, 0.2) is 0 Å². The van der Waals surface area contributed by atoms with Gasteiger partial charge in [0.2, 0.25) is 0 Å². The van der Waals surface area contributed by atoms with Crippen molar-refractivity contribution in [1.82, 2.24) is 0 Å². The Morgan fingerprint density at radius 1 is 1.25 bits per heavy atom. The monoisotopic (exact) mass is 222 g/mol. The van der Waals surface area contributed by atoms with Crippen LogP contribution >= 0.6 is 0 Å². The second kappa shape index (κ2) is 4.46. The van der Waals surface area contributed by atoms with E-state index in [1.807, 2.05) is 13.0 Å². The average Bonchev–Trinajstić information content (AvgIpc) is 2.15. The zero-order valence-corrected chi connectivity index (χ0v) is 11.1. The van der Waals surface area contributed by atoms with E-state index in [1.165, 1.54) is 5.56 Å². The first-order valence-electron chi connectivity index (χ1n) is 5.64. The zero-order chi connectivity index (χ0) is 12.5. The fourth-order valence-electron chi connectivity index (χ4n) is 1.91. The van der Waals surface area contributed by atoms with E-state index in [0.717, 1.165) is 16.9 Å². The van der Waals surface area contributed by atoms with Crippen molar-refractivity contribution in [1.29, 1.82) is 0 Å². The number of benzene rings is 1. The third-order valence-electron chi connectivity index (χ3n) is 2.85. The molecule has 0 amide bonds. The minimum Gasteiger partial charge on any atom is -0.496 e. The highest BCUT2D eigenvalue weighted by Gasteiger charge is 2.21. The van der Waals surface area contributed by atoms with Crippen molar-refractivity contribution in [2.24, 2.45) is 0 Å². The maximum absolute atomic E-state index is 9.66. The Bertz CT molecular complexity index is 373. The Morgan fingerprint density at radius 2 is 1.81 bits per heavy atom. The first-order valence-corrected chi connectivity index (χ1v) is 5.64. The molecule has 0 saturated carbocycles. The molecule has 1 atom stereocenters. The molecule has 90 valence electrons. The fraction of sp³-hybridized carbons (Fsp3) is 0.571. The van der Waals surface area contributed by atoms with Crippen molar-refractivity contribution in [3.8, 4) is 5.75 Å². The van der Waals surface area contributed by atoms with Crippen LogP contribution in [-0.4, -0.2) is 12.2 Å². The van der Waals surface area contributed by atoms with Crippen molar-refractivity contribution in [2.45, 2.75) is 46.1 Å². The number of rotatable bonds is 2. The smallest absolute Gasteiger partial charge is 0.122 e. The van der Waals surface area contributed by atoms with Gasteiger partial charge in [0.1, 0.15) is 5.75 Å². The molecule has 0 aliphatic heterocycles. The van der Waals surface area contributed by atoms with Crippen LogP contribution in [0.3, 0.4) is 0 Å². The second-order valence-electron chi connectivity index (χ2n) is 5.34. The quantitative estimate of drug-likeness (QED) is 0.831. The van der Waals surface area contributed by atoms with Crippen LogP contribution < -0.4 is 4.74 Å². The highest BCUT2D eigenvalue weighted by atomic mass is 16.5. The lowest BCUT2D eigenvalue weighted by molar-refractivity contribution is 0.198. The van der Waals surface area contributed by atoms with Crippen LogP contribution in [0.1, 0.15) is 50.5 Å². The zero-order valence-electron chi connectivity index (χ0n) is 11.1. The molecule has 0 saturated heterocycles. The molecular formula is C14H22O2. The third kappa shape index (κ3) is 2.56. The van der Waals surface area contributed by atoms with E-state index >= 15 is 0 Å². The standard InChI is InChI=1S/C14H22O2/c1-9-7-12(14(3,4)5)13(16-6)8-11(9)10(2)15/h7-8,10,15H,1-6H3. The maximum atomic E-state index is 9.66. The number of hydrogen-bond acceptors (Lipinski definition) is 2. The first-order chi connectivity index (χ1) is 7.27. The lowest BCUT2D eigenvalue weighted by Crippen LogP contribution is -2.14. The molecule has 0 heterocycles. The van der Waals surface area contributed by atoms with Crippen LogP contribution in [0.2, 0.25) is 0 Å². The third-order valence-corrected chi connectivity index (χ3v) is 2.85. The van der Waals surface area contributed by atoms with Gasteiger partial charge in [-0.25, -0.2) is 0 Å². The summed E-state index contributed by atoms with van der Waals surface area (Å²) in [5.74, 6) is 0.856. The minimum absolute atomic E-state index is 0.0489. The molecule has 1 unspecified atom stereocenters. The minimum atomic E-state index is -0.456. The molecule has 0 radical (unpaired) electrons. The summed E-state index contributed by atoms with van der Waals surface area (Å²) in [5.41, 5.74) is 3.27. The molecule has 0 spiro atoms. The molecule has 2 heteroatoms. The number of aliphatic hydroxyl groups is 1. The Balaban J connectivity index is 3.38. The number of methoxy groups -OCH3 is 1. The summed E-state index contributed by atoms with van der Waals surface area (Å²) in [4.78, 5) is 0. The molecule has 0 fully saturated rings. The maximum Gasteiger partial charge on any atom is 0.122 e. The number of aryl methyl sites for hydroxylation is 1. The Labute approximate surface area is 98.3 Å². The molecule has 2 nitrogen and oxygen atoms in total. The van der Waals surface area contributed by atoms with Crippen molar-refractivity contribution in [2.75, 3.05) is 7.11 Å². The summed E-state index contributed by atoms with van der Waals surface area (Å²) in [5, 5.41) is 9.66. The molecule has 1 rings (SSSR count). The summed E-state index contributed by atoms with van der Waals surface area (Å²) < 4.78 is 5.41. The van der Waals surface area contributed by atoms with Crippen molar-refractivity contribution in [3.63, 3.8) is 0 Å².